The van der Waals surface area contributed by atoms with E-state index in [4.69, 9.17) is 5.11 Å². The summed E-state index contributed by atoms with van der Waals surface area (Å²) < 4.78 is 27.5. The van der Waals surface area contributed by atoms with E-state index in [2.05, 4.69) is 11.6 Å². The van der Waals surface area contributed by atoms with Crippen molar-refractivity contribution in [2.24, 2.45) is 5.41 Å². The lowest BCUT2D eigenvalue weighted by molar-refractivity contribution is 0.133. The SMILES string of the molecule is CCC1(CNS(=O)(=O)c2cc(C)c(CO)s2)CCC1. The van der Waals surface area contributed by atoms with Crippen LogP contribution in [0.1, 0.15) is 43.0 Å². The van der Waals surface area contributed by atoms with Crippen LogP contribution in [-0.2, 0) is 16.6 Å². The molecular formula is C13H21NO3S2. The molecule has 1 fully saturated rings. The fraction of sp³-hybridized carbons (Fsp3) is 0.692. The monoisotopic (exact) mass is 303 g/mol. The summed E-state index contributed by atoms with van der Waals surface area (Å²) in [7, 11) is -3.43. The van der Waals surface area contributed by atoms with Gasteiger partial charge in [0.1, 0.15) is 4.21 Å². The third-order valence-corrected chi connectivity index (χ3v) is 7.30. The number of nitrogens with one attached hydrogen (secondary N) is 1. The van der Waals surface area contributed by atoms with Crippen molar-refractivity contribution in [3.8, 4) is 0 Å². The van der Waals surface area contributed by atoms with Crippen LogP contribution < -0.4 is 4.72 Å². The molecule has 0 spiro atoms. The first kappa shape index (κ1) is 15.0. The van der Waals surface area contributed by atoms with Crippen LogP contribution in [0.5, 0.6) is 0 Å². The van der Waals surface area contributed by atoms with Gasteiger partial charge in [-0.3, -0.25) is 0 Å². The Morgan fingerprint density at radius 1 is 1.47 bits per heavy atom. The second kappa shape index (κ2) is 5.52. The summed E-state index contributed by atoms with van der Waals surface area (Å²) in [6.45, 7) is 4.36. The summed E-state index contributed by atoms with van der Waals surface area (Å²) in [4.78, 5) is 0.717. The number of aliphatic hydroxyl groups excluding tert-OH is 1. The Balaban J connectivity index is 2.09. The molecule has 6 heteroatoms. The fourth-order valence-corrected chi connectivity index (χ4v) is 5.08. The van der Waals surface area contributed by atoms with Gasteiger partial charge in [-0.15, -0.1) is 11.3 Å². The van der Waals surface area contributed by atoms with Crippen molar-refractivity contribution in [3.05, 3.63) is 16.5 Å². The van der Waals surface area contributed by atoms with Gasteiger partial charge >= 0.3 is 0 Å². The molecule has 19 heavy (non-hydrogen) atoms. The lowest BCUT2D eigenvalue weighted by atomic mass is 9.67. The zero-order chi connectivity index (χ0) is 14.1. The van der Waals surface area contributed by atoms with Crippen LogP contribution in [0.4, 0.5) is 0 Å². The molecular weight excluding hydrogens is 282 g/mol. The lowest BCUT2D eigenvalue weighted by Crippen LogP contribution is -2.41. The van der Waals surface area contributed by atoms with Gasteiger partial charge in [0, 0.05) is 11.4 Å². The standard InChI is InChI=1S/C13H21NO3S2/c1-3-13(5-4-6-13)9-14-19(16,17)12-7-10(2)11(8-15)18-12/h7,14-15H,3-6,8-9H2,1-2H3. The van der Waals surface area contributed by atoms with Crippen LogP contribution in [-0.4, -0.2) is 20.1 Å². The molecule has 0 radical (unpaired) electrons. The van der Waals surface area contributed by atoms with Crippen LogP contribution >= 0.6 is 11.3 Å². The molecule has 0 saturated heterocycles. The summed E-state index contributed by atoms with van der Waals surface area (Å²) >= 11 is 1.15. The molecule has 0 aliphatic heterocycles. The van der Waals surface area contributed by atoms with E-state index in [1.165, 1.54) is 6.42 Å². The summed E-state index contributed by atoms with van der Waals surface area (Å²) in [5.74, 6) is 0. The molecule has 0 amide bonds. The number of aryl methyl sites for hydroxylation is 1. The maximum absolute atomic E-state index is 12.2. The van der Waals surface area contributed by atoms with Gasteiger partial charge < -0.3 is 5.11 Å². The second-order valence-corrected chi connectivity index (χ2v) is 8.49. The molecule has 1 aliphatic rings. The number of rotatable bonds is 6. The van der Waals surface area contributed by atoms with Crippen molar-refractivity contribution in [1.29, 1.82) is 0 Å². The summed E-state index contributed by atoms with van der Waals surface area (Å²) in [5.41, 5.74) is 1.00. The van der Waals surface area contributed by atoms with Crippen molar-refractivity contribution in [1.82, 2.24) is 4.72 Å². The molecule has 4 nitrogen and oxygen atoms in total. The number of sulfonamides is 1. The van der Waals surface area contributed by atoms with Gasteiger partial charge in [-0.2, -0.15) is 0 Å². The quantitative estimate of drug-likeness (QED) is 0.848. The maximum Gasteiger partial charge on any atom is 0.250 e. The predicted octanol–water partition coefficient (Wildman–Crippen LogP) is 2.41. The van der Waals surface area contributed by atoms with Gasteiger partial charge in [0.25, 0.3) is 0 Å². The van der Waals surface area contributed by atoms with Gasteiger partial charge in [-0.05, 0) is 43.2 Å². The van der Waals surface area contributed by atoms with Gasteiger partial charge in [0.2, 0.25) is 10.0 Å². The molecule has 2 rings (SSSR count). The minimum atomic E-state index is -3.43. The van der Waals surface area contributed by atoms with Gasteiger partial charge in [0.05, 0.1) is 6.61 Å². The first-order valence-corrected chi connectivity index (χ1v) is 8.92. The van der Waals surface area contributed by atoms with E-state index in [1.54, 1.807) is 6.07 Å². The van der Waals surface area contributed by atoms with Crippen LogP contribution in [0.3, 0.4) is 0 Å². The molecule has 0 bridgehead atoms. The fourth-order valence-electron chi connectivity index (χ4n) is 2.43. The predicted molar refractivity (Wildman–Crippen MR) is 76.7 cm³/mol. The summed E-state index contributed by atoms with van der Waals surface area (Å²) in [6, 6.07) is 1.64. The van der Waals surface area contributed by atoms with E-state index >= 15 is 0 Å². The number of hydrogen-bond acceptors (Lipinski definition) is 4. The van der Waals surface area contributed by atoms with Crippen molar-refractivity contribution < 1.29 is 13.5 Å². The van der Waals surface area contributed by atoms with E-state index in [0.717, 1.165) is 36.2 Å². The average molecular weight is 303 g/mol. The molecule has 108 valence electrons. The smallest absolute Gasteiger partial charge is 0.250 e. The highest BCUT2D eigenvalue weighted by molar-refractivity contribution is 7.91. The van der Waals surface area contributed by atoms with Crippen LogP contribution in [0.2, 0.25) is 0 Å². The maximum atomic E-state index is 12.2. The first-order valence-electron chi connectivity index (χ1n) is 6.62. The van der Waals surface area contributed by atoms with E-state index < -0.39 is 10.0 Å². The lowest BCUT2D eigenvalue weighted by Gasteiger charge is -2.41. The second-order valence-electron chi connectivity index (χ2n) is 5.36. The zero-order valence-electron chi connectivity index (χ0n) is 11.4. The minimum absolute atomic E-state index is 0.106. The van der Waals surface area contributed by atoms with E-state index in [9.17, 15) is 8.42 Å². The van der Waals surface area contributed by atoms with Crippen molar-refractivity contribution >= 4 is 21.4 Å². The van der Waals surface area contributed by atoms with Crippen LogP contribution in [0.25, 0.3) is 0 Å². The Bertz CT molecular complexity index is 539. The molecule has 1 aliphatic carbocycles. The van der Waals surface area contributed by atoms with E-state index in [0.29, 0.717) is 15.6 Å². The molecule has 0 atom stereocenters. The Labute approximate surface area is 118 Å². The highest BCUT2D eigenvalue weighted by Crippen LogP contribution is 2.43. The van der Waals surface area contributed by atoms with Crippen molar-refractivity contribution in [2.75, 3.05) is 6.54 Å². The van der Waals surface area contributed by atoms with Crippen LogP contribution in [0.15, 0.2) is 10.3 Å². The van der Waals surface area contributed by atoms with E-state index in [-0.39, 0.29) is 12.0 Å². The number of thiophene rings is 1. The average Bonchev–Trinajstić information content (AvgIpc) is 2.70. The van der Waals surface area contributed by atoms with E-state index in [1.807, 2.05) is 6.92 Å². The number of hydrogen-bond donors (Lipinski definition) is 2. The Hall–Kier alpha value is -0.430. The normalized spacial score (nSPS) is 18.3. The molecule has 1 aromatic heterocycles. The topological polar surface area (TPSA) is 66.4 Å². The number of aliphatic hydroxyl groups is 1. The summed E-state index contributed by atoms with van der Waals surface area (Å²) in [5, 5.41) is 9.14. The molecule has 0 unspecified atom stereocenters. The first-order chi connectivity index (χ1) is 8.92. The minimum Gasteiger partial charge on any atom is -0.391 e. The Morgan fingerprint density at radius 2 is 2.16 bits per heavy atom. The van der Waals surface area contributed by atoms with Crippen molar-refractivity contribution in [3.63, 3.8) is 0 Å². The molecule has 0 aromatic carbocycles. The third-order valence-electron chi connectivity index (χ3n) is 4.21. The highest BCUT2D eigenvalue weighted by atomic mass is 32.2. The molecule has 1 aromatic rings. The van der Waals surface area contributed by atoms with Gasteiger partial charge in [0.15, 0.2) is 0 Å². The molecule has 1 saturated carbocycles. The zero-order valence-corrected chi connectivity index (χ0v) is 13.0. The molecule has 1 heterocycles. The third kappa shape index (κ3) is 3.02. The Morgan fingerprint density at radius 3 is 2.58 bits per heavy atom. The van der Waals surface area contributed by atoms with Crippen molar-refractivity contribution in [2.45, 2.75) is 50.3 Å². The van der Waals surface area contributed by atoms with Gasteiger partial charge in [-0.25, -0.2) is 13.1 Å². The molecule has 2 N–H and O–H groups in total. The largest absolute Gasteiger partial charge is 0.391 e. The highest BCUT2D eigenvalue weighted by Gasteiger charge is 2.36. The Kier molecular flexibility index (Phi) is 4.35. The van der Waals surface area contributed by atoms with Crippen LogP contribution in [0, 0.1) is 12.3 Å². The van der Waals surface area contributed by atoms with Gasteiger partial charge in [-0.1, -0.05) is 13.3 Å². The summed E-state index contributed by atoms with van der Waals surface area (Å²) in [6.07, 6.45) is 4.43.